The van der Waals surface area contributed by atoms with Gasteiger partial charge in [-0.3, -0.25) is 9.59 Å². The molecule has 0 atom stereocenters. The number of aryl methyl sites for hydroxylation is 1. The minimum atomic E-state index is -0.206. The average Bonchev–Trinajstić information content (AvgIpc) is 2.61. The van der Waals surface area contributed by atoms with Crippen molar-refractivity contribution < 1.29 is 19.1 Å². The maximum Gasteiger partial charge on any atom is 0.201 e. The maximum atomic E-state index is 13.2. The first-order valence-corrected chi connectivity index (χ1v) is 8.71. The number of carbonyl (C=O) groups excluding carboxylic acids is 2. The third-order valence-corrected chi connectivity index (χ3v) is 4.14. The highest BCUT2D eigenvalue weighted by molar-refractivity contribution is 6.30. The first-order valence-electron chi connectivity index (χ1n) is 8.71. The quantitative estimate of drug-likeness (QED) is 0.670. The molecule has 25 heavy (non-hydrogen) atoms. The van der Waals surface area contributed by atoms with Crippen LogP contribution < -0.4 is 9.47 Å². The average molecular weight is 338 g/mol. The van der Waals surface area contributed by atoms with Crippen LogP contribution in [0, 0.1) is 6.92 Å². The lowest BCUT2D eigenvalue weighted by molar-refractivity contribution is 0.0972. The molecule has 2 aromatic carbocycles. The molecule has 0 fully saturated rings. The normalized spacial score (nSPS) is 12.6. The summed E-state index contributed by atoms with van der Waals surface area (Å²) in [4.78, 5) is 26.2. The number of hydrogen-bond acceptors (Lipinski definition) is 4. The molecule has 0 saturated heterocycles. The molecule has 3 rings (SSSR count). The van der Waals surface area contributed by atoms with E-state index in [1.54, 1.807) is 24.3 Å². The lowest BCUT2D eigenvalue weighted by Crippen LogP contribution is -2.23. The molecular weight excluding hydrogens is 316 g/mol. The van der Waals surface area contributed by atoms with Crippen molar-refractivity contribution in [3.05, 3.63) is 58.1 Å². The molecule has 0 radical (unpaired) electrons. The number of ketones is 2. The molecule has 0 N–H and O–H groups in total. The van der Waals surface area contributed by atoms with E-state index in [1.165, 1.54) is 0 Å². The van der Waals surface area contributed by atoms with Crippen LogP contribution in [0.5, 0.6) is 11.5 Å². The van der Waals surface area contributed by atoms with E-state index < -0.39 is 0 Å². The van der Waals surface area contributed by atoms with Gasteiger partial charge in [0, 0.05) is 11.1 Å². The summed E-state index contributed by atoms with van der Waals surface area (Å²) >= 11 is 0. The van der Waals surface area contributed by atoms with Gasteiger partial charge in [-0.05, 0) is 43.5 Å². The Hall–Kier alpha value is -2.62. The van der Waals surface area contributed by atoms with Gasteiger partial charge in [-0.25, -0.2) is 0 Å². The molecule has 0 aromatic heterocycles. The Balaban J connectivity index is 2.17. The molecule has 0 unspecified atom stereocenters. The molecule has 0 bridgehead atoms. The van der Waals surface area contributed by atoms with Crippen LogP contribution in [0.2, 0.25) is 0 Å². The van der Waals surface area contributed by atoms with Crippen LogP contribution >= 0.6 is 0 Å². The van der Waals surface area contributed by atoms with E-state index in [9.17, 15) is 9.59 Å². The van der Waals surface area contributed by atoms with E-state index in [0.717, 1.165) is 18.4 Å². The predicted octanol–water partition coefficient (Wildman–Crippen LogP) is 4.35. The third kappa shape index (κ3) is 3.04. The van der Waals surface area contributed by atoms with E-state index in [0.29, 0.717) is 47.0 Å². The Bertz CT molecular complexity index is 836. The van der Waals surface area contributed by atoms with E-state index in [1.807, 2.05) is 26.8 Å². The standard InChI is InChI=1S/C21H22O4/c1-4-9-24-16-8-6-7-14-18(16)21(23)19-15(20(14)22)11-13(3)12-17(19)25-10-5-2/h6-8,11-12H,4-5,9-10H2,1-3H3. The van der Waals surface area contributed by atoms with Crippen molar-refractivity contribution in [3.8, 4) is 11.5 Å². The lowest BCUT2D eigenvalue weighted by atomic mass is 9.82. The molecular formula is C21H22O4. The van der Waals surface area contributed by atoms with Crippen LogP contribution in [-0.4, -0.2) is 24.8 Å². The van der Waals surface area contributed by atoms with Gasteiger partial charge in [0.2, 0.25) is 5.78 Å². The van der Waals surface area contributed by atoms with Crippen molar-refractivity contribution in [1.29, 1.82) is 0 Å². The maximum absolute atomic E-state index is 13.2. The number of hydrogen-bond donors (Lipinski definition) is 0. The van der Waals surface area contributed by atoms with Crippen molar-refractivity contribution in [2.24, 2.45) is 0 Å². The Morgan fingerprint density at radius 1 is 0.800 bits per heavy atom. The molecule has 1 aliphatic carbocycles. The van der Waals surface area contributed by atoms with Gasteiger partial charge < -0.3 is 9.47 Å². The molecule has 4 nitrogen and oxygen atoms in total. The van der Waals surface area contributed by atoms with Crippen molar-refractivity contribution in [1.82, 2.24) is 0 Å². The Kier molecular flexibility index (Phi) is 4.88. The molecule has 2 aromatic rings. The number of rotatable bonds is 6. The van der Waals surface area contributed by atoms with Crippen LogP contribution in [0.1, 0.15) is 64.1 Å². The highest BCUT2D eigenvalue weighted by atomic mass is 16.5. The van der Waals surface area contributed by atoms with E-state index in [4.69, 9.17) is 9.47 Å². The largest absolute Gasteiger partial charge is 0.493 e. The zero-order valence-electron chi connectivity index (χ0n) is 14.8. The molecule has 0 heterocycles. The van der Waals surface area contributed by atoms with Gasteiger partial charge in [0.05, 0.1) is 24.3 Å². The summed E-state index contributed by atoms with van der Waals surface area (Å²) in [6, 6.07) is 8.76. The summed E-state index contributed by atoms with van der Waals surface area (Å²) in [5.41, 5.74) is 2.41. The Labute approximate surface area is 147 Å². The van der Waals surface area contributed by atoms with Crippen molar-refractivity contribution in [2.45, 2.75) is 33.6 Å². The second kappa shape index (κ2) is 7.09. The summed E-state index contributed by atoms with van der Waals surface area (Å²) in [7, 11) is 0. The first kappa shape index (κ1) is 17.2. The van der Waals surface area contributed by atoms with Gasteiger partial charge in [-0.2, -0.15) is 0 Å². The van der Waals surface area contributed by atoms with Crippen LogP contribution in [0.3, 0.4) is 0 Å². The van der Waals surface area contributed by atoms with Crippen molar-refractivity contribution in [3.63, 3.8) is 0 Å². The van der Waals surface area contributed by atoms with Crippen LogP contribution in [0.4, 0.5) is 0 Å². The smallest absolute Gasteiger partial charge is 0.201 e. The zero-order valence-corrected chi connectivity index (χ0v) is 14.8. The topological polar surface area (TPSA) is 52.6 Å². The summed E-state index contributed by atoms with van der Waals surface area (Å²) in [6.07, 6.45) is 1.65. The van der Waals surface area contributed by atoms with E-state index in [-0.39, 0.29) is 11.6 Å². The number of fused-ring (bicyclic) bond motifs is 2. The fourth-order valence-electron chi connectivity index (χ4n) is 3.05. The second-order valence-corrected chi connectivity index (χ2v) is 6.22. The second-order valence-electron chi connectivity index (χ2n) is 6.22. The Morgan fingerprint density at radius 3 is 2.12 bits per heavy atom. The lowest BCUT2D eigenvalue weighted by Gasteiger charge is -2.23. The van der Waals surface area contributed by atoms with Crippen molar-refractivity contribution >= 4 is 11.6 Å². The predicted molar refractivity (Wildman–Crippen MR) is 96.1 cm³/mol. The molecule has 130 valence electrons. The molecule has 0 aliphatic heterocycles. The minimum Gasteiger partial charge on any atom is -0.493 e. The van der Waals surface area contributed by atoms with Crippen LogP contribution in [0.15, 0.2) is 30.3 Å². The first-order chi connectivity index (χ1) is 12.1. The Morgan fingerprint density at radius 2 is 1.44 bits per heavy atom. The minimum absolute atomic E-state index is 0.156. The summed E-state index contributed by atoms with van der Waals surface area (Å²) < 4.78 is 11.5. The highest BCUT2D eigenvalue weighted by Crippen LogP contribution is 2.38. The fourth-order valence-corrected chi connectivity index (χ4v) is 3.05. The van der Waals surface area contributed by atoms with Crippen molar-refractivity contribution in [2.75, 3.05) is 13.2 Å². The monoisotopic (exact) mass is 338 g/mol. The van der Waals surface area contributed by atoms with E-state index in [2.05, 4.69) is 0 Å². The fraction of sp³-hybridized carbons (Fsp3) is 0.333. The molecule has 0 amide bonds. The third-order valence-electron chi connectivity index (χ3n) is 4.14. The van der Waals surface area contributed by atoms with Gasteiger partial charge in [-0.1, -0.05) is 26.0 Å². The highest BCUT2D eigenvalue weighted by Gasteiger charge is 2.35. The molecule has 0 saturated carbocycles. The van der Waals surface area contributed by atoms with Crippen LogP contribution in [0.25, 0.3) is 0 Å². The van der Waals surface area contributed by atoms with Gasteiger partial charge in [0.15, 0.2) is 5.78 Å². The van der Waals surface area contributed by atoms with Gasteiger partial charge in [0.1, 0.15) is 11.5 Å². The molecule has 0 spiro atoms. The van der Waals surface area contributed by atoms with Gasteiger partial charge >= 0.3 is 0 Å². The summed E-state index contributed by atoms with van der Waals surface area (Å²) in [6.45, 7) is 6.89. The number of ether oxygens (including phenoxy) is 2. The molecule has 4 heteroatoms. The SMILES string of the molecule is CCCOc1cccc2c1C(=O)c1c(OCCC)cc(C)cc1C2=O. The van der Waals surface area contributed by atoms with Gasteiger partial charge in [-0.15, -0.1) is 0 Å². The van der Waals surface area contributed by atoms with Crippen LogP contribution in [-0.2, 0) is 0 Å². The van der Waals surface area contributed by atoms with Gasteiger partial charge in [0.25, 0.3) is 0 Å². The zero-order chi connectivity index (χ0) is 18.0. The molecule has 1 aliphatic rings. The summed E-state index contributed by atoms with van der Waals surface area (Å²) in [5.74, 6) is 0.579. The summed E-state index contributed by atoms with van der Waals surface area (Å²) in [5, 5.41) is 0. The number of benzene rings is 2. The van der Waals surface area contributed by atoms with E-state index >= 15 is 0 Å². The number of carbonyl (C=O) groups is 2.